The van der Waals surface area contributed by atoms with E-state index >= 15 is 0 Å². The number of H-pyrrole nitrogens is 1. The van der Waals surface area contributed by atoms with Crippen LogP contribution in [0.5, 0.6) is 0 Å². The van der Waals surface area contributed by atoms with Crippen LogP contribution in [-0.4, -0.2) is 9.97 Å². The summed E-state index contributed by atoms with van der Waals surface area (Å²) in [7, 11) is 0. The van der Waals surface area contributed by atoms with Crippen molar-refractivity contribution in [3.63, 3.8) is 0 Å². The molecule has 23 heavy (non-hydrogen) atoms. The van der Waals surface area contributed by atoms with Crippen molar-refractivity contribution >= 4 is 5.69 Å². The Morgan fingerprint density at radius 1 is 0.957 bits per heavy atom. The minimum atomic E-state index is -0.124. The van der Waals surface area contributed by atoms with Crippen molar-refractivity contribution in [1.29, 1.82) is 0 Å². The molecule has 3 aromatic rings. The van der Waals surface area contributed by atoms with Crippen LogP contribution in [-0.2, 0) is 12.8 Å². The Labute approximate surface area is 135 Å². The van der Waals surface area contributed by atoms with Crippen LogP contribution in [0, 0.1) is 0 Å². The Balaban J connectivity index is 1.73. The summed E-state index contributed by atoms with van der Waals surface area (Å²) >= 11 is 0. The predicted molar refractivity (Wildman–Crippen MR) is 93.2 cm³/mol. The van der Waals surface area contributed by atoms with Crippen LogP contribution < -0.4 is 11.3 Å². The van der Waals surface area contributed by atoms with Crippen molar-refractivity contribution in [3.8, 4) is 11.3 Å². The molecule has 0 bridgehead atoms. The second kappa shape index (κ2) is 6.92. The van der Waals surface area contributed by atoms with Gasteiger partial charge >= 0.3 is 0 Å². The molecule has 0 spiro atoms. The fraction of sp³-hybridized carbons (Fsp3) is 0.158. The summed E-state index contributed by atoms with van der Waals surface area (Å²) in [6.45, 7) is 0. The summed E-state index contributed by atoms with van der Waals surface area (Å²) in [5.41, 5.74) is 9.15. The molecule has 0 unspecified atom stereocenters. The van der Waals surface area contributed by atoms with E-state index in [1.165, 1.54) is 11.6 Å². The quantitative estimate of drug-likeness (QED) is 0.711. The first kappa shape index (κ1) is 15.0. The Kier molecular flexibility index (Phi) is 4.52. The van der Waals surface area contributed by atoms with E-state index in [1.807, 2.05) is 42.5 Å². The second-order valence-electron chi connectivity index (χ2n) is 5.54. The van der Waals surface area contributed by atoms with Gasteiger partial charge in [0.1, 0.15) is 5.82 Å². The third kappa shape index (κ3) is 4.07. The van der Waals surface area contributed by atoms with Gasteiger partial charge in [0.15, 0.2) is 0 Å². The molecule has 1 aromatic heterocycles. The maximum atomic E-state index is 11.9. The smallest absolute Gasteiger partial charge is 0.251 e. The van der Waals surface area contributed by atoms with Gasteiger partial charge in [-0.15, -0.1) is 0 Å². The van der Waals surface area contributed by atoms with Crippen molar-refractivity contribution in [1.82, 2.24) is 9.97 Å². The zero-order chi connectivity index (χ0) is 16.1. The molecular formula is C19H19N3O. The van der Waals surface area contributed by atoms with Crippen molar-refractivity contribution in [2.75, 3.05) is 5.73 Å². The number of nitrogens with two attached hydrogens (primary N) is 1. The highest BCUT2D eigenvalue weighted by atomic mass is 16.1. The molecular weight excluding hydrogens is 286 g/mol. The lowest BCUT2D eigenvalue weighted by atomic mass is 10.1. The molecule has 0 aliphatic rings. The summed E-state index contributed by atoms with van der Waals surface area (Å²) in [5.74, 6) is 0.722. The largest absolute Gasteiger partial charge is 0.399 e. The number of nitrogens with one attached hydrogen (secondary N) is 1. The topological polar surface area (TPSA) is 71.8 Å². The number of aromatic nitrogens is 2. The number of nitrogen functional groups attached to an aromatic ring is 1. The maximum Gasteiger partial charge on any atom is 0.251 e. The van der Waals surface area contributed by atoms with E-state index in [4.69, 9.17) is 5.73 Å². The molecule has 0 radical (unpaired) electrons. The molecule has 4 heteroatoms. The van der Waals surface area contributed by atoms with Crippen LogP contribution in [0.3, 0.4) is 0 Å². The van der Waals surface area contributed by atoms with Crippen molar-refractivity contribution in [2.24, 2.45) is 0 Å². The Hall–Kier alpha value is -2.88. The van der Waals surface area contributed by atoms with Crippen LogP contribution in [0.2, 0.25) is 0 Å². The Bertz CT molecular complexity index is 823. The van der Waals surface area contributed by atoms with Gasteiger partial charge < -0.3 is 10.7 Å². The number of rotatable bonds is 5. The van der Waals surface area contributed by atoms with Crippen LogP contribution in [0.25, 0.3) is 11.3 Å². The SMILES string of the molecule is Nc1ccc(-c2cc(=O)[nH]c(CCCc3ccccc3)n2)cc1. The van der Waals surface area contributed by atoms with E-state index in [9.17, 15) is 4.79 Å². The first-order valence-electron chi connectivity index (χ1n) is 7.71. The molecule has 0 aliphatic carbocycles. The molecule has 1 heterocycles. The molecule has 0 fully saturated rings. The molecule has 4 nitrogen and oxygen atoms in total. The summed E-state index contributed by atoms with van der Waals surface area (Å²) in [6, 6.07) is 19.2. The van der Waals surface area contributed by atoms with Crippen molar-refractivity contribution < 1.29 is 0 Å². The summed E-state index contributed by atoms with van der Waals surface area (Å²) < 4.78 is 0. The van der Waals surface area contributed by atoms with E-state index in [2.05, 4.69) is 22.1 Å². The predicted octanol–water partition coefficient (Wildman–Crippen LogP) is 3.19. The third-order valence-electron chi connectivity index (χ3n) is 3.72. The van der Waals surface area contributed by atoms with Gasteiger partial charge in [0, 0.05) is 23.7 Å². The van der Waals surface area contributed by atoms with Gasteiger partial charge in [-0.2, -0.15) is 0 Å². The minimum absolute atomic E-state index is 0.124. The van der Waals surface area contributed by atoms with Crippen LogP contribution in [0.1, 0.15) is 17.8 Å². The van der Waals surface area contributed by atoms with Crippen LogP contribution in [0.15, 0.2) is 65.5 Å². The maximum absolute atomic E-state index is 11.9. The van der Waals surface area contributed by atoms with E-state index in [-0.39, 0.29) is 5.56 Å². The molecule has 2 aromatic carbocycles. The normalized spacial score (nSPS) is 10.6. The van der Waals surface area contributed by atoms with Gasteiger partial charge in [0.2, 0.25) is 0 Å². The third-order valence-corrected chi connectivity index (χ3v) is 3.72. The molecule has 3 N–H and O–H groups in total. The lowest BCUT2D eigenvalue weighted by molar-refractivity contribution is 0.767. The van der Waals surface area contributed by atoms with E-state index in [0.29, 0.717) is 11.4 Å². The Morgan fingerprint density at radius 3 is 2.43 bits per heavy atom. The summed E-state index contributed by atoms with van der Waals surface area (Å²) in [6.07, 6.45) is 2.65. The molecule has 0 aliphatic heterocycles. The number of aromatic amines is 1. The monoisotopic (exact) mass is 305 g/mol. The van der Waals surface area contributed by atoms with Gasteiger partial charge in [-0.05, 0) is 30.5 Å². The van der Waals surface area contributed by atoms with Gasteiger partial charge in [-0.3, -0.25) is 4.79 Å². The molecule has 0 saturated carbocycles. The first-order valence-corrected chi connectivity index (χ1v) is 7.71. The highest BCUT2D eigenvalue weighted by Gasteiger charge is 2.04. The van der Waals surface area contributed by atoms with Gasteiger partial charge in [-0.1, -0.05) is 42.5 Å². The van der Waals surface area contributed by atoms with Gasteiger partial charge in [-0.25, -0.2) is 4.98 Å². The van der Waals surface area contributed by atoms with Crippen molar-refractivity contribution in [3.05, 3.63) is 82.4 Å². The zero-order valence-corrected chi connectivity index (χ0v) is 12.8. The highest BCUT2D eigenvalue weighted by Crippen LogP contribution is 2.17. The molecule has 0 amide bonds. The van der Waals surface area contributed by atoms with E-state index in [0.717, 1.165) is 30.7 Å². The lowest BCUT2D eigenvalue weighted by Crippen LogP contribution is -2.11. The molecule has 0 atom stereocenters. The number of aryl methyl sites for hydroxylation is 2. The second-order valence-corrected chi connectivity index (χ2v) is 5.54. The number of benzene rings is 2. The minimum Gasteiger partial charge on any atom is -0.399 e. The zero-order valence-electron chi connectivity index (χ0n) is 12.8. The molecule has 3 rings (SSSR count). The fourth-order valence-corrected chi connectivity index (χ4v) is 2.53. The van der Waals surface area contributed by atoms with E-state index in [1.54, 1.807) is 0 Å². The first-order chi connectivity index (χ1) is 11.2. The number of nitrogens with zero attached hydrogens (tertiary/aromatic N) is 1. The van der Waals surface area contributed by atoms with Gasteiger partial charge in [0.05, 0.1) is 5.69 Å². The molecule has 116 valence electrons. The average molecular weight is 305 g/mol. The number of hydrogen-bond acceptors (Lipinski definition) is 3. The average Bonchev–Trinajstić information content (AvgIpc) is 2.56. The highest BCUT2D eigenvalue weighted by molar-refractivity contribution is 5.61. The molecule has 0 saturated heterocycles. The van der Waals surface area contributed by atoms with Crippen molar-refractivity contribution in [2.45, 2.75) is 19.3 Å². The number of hydrogen-bond donors (Lipinski definition) is 2. The lowest BCUT2D eigenvalue weighted by Gasteiger charge is -2.05. The summed E-state index contributed by atoms with van der Waals surface area (Å²) in [5, 5.41) is 0. The van der Waals surface area contributed by atoms with E-state index < -0.39 is 0 Å². The van der Waals surface area contributed by atoms with Crippen LogP contribution >= 0.6 is 0 Å². The number of anilines is 1. The standard InChI is InChI=1S/C19H19N3O/c20-16-11-9-15(10-12-16)17-13-19(23)22-18(21-17)8-4-7-14-5-2-1-3-6-14/h1-3,5-6,9-13H,4,7-8,20H2,(H,21,22,23). The van der Waals surface area contributed by atoms with Crippen LogP contribution in [0.4, 0.5) is 5.69 Å². The Morgan fingerprint density at radius 2 is 1.70 bits per heavy atom. The van der Waals surface area contributed by atoms with Gasteiger partial charge in [0.25, 0.3) is 5.56 Å². The summed E-state index contributed by atoms with van der Waals surface area (Å²) in [4.78, 5) is 19.3. The fourth-order valence-electron chi connectivity index (χ4n) is 2.53.